The number of hydrogen-bond acceptors (Lipinski definition) is 4. The van der Waals surface area contributed by atoms with Gasteiger partial charge in [0, 0.05) is 19.1 Å². The number of amides is 1. The number of nitrogens with zero attached hydrogens (tertiary/aromatic N) is 2. The Bertz CT molecular complexity index is 538. The lowest BCUT2D eigenvalue weighted by Gasteiger charge is -2.22. The van der Waals surface area contributed by atoms with Crippen LogP contribution >= 0.6 is 0 Å². The van der Waals surface area contributed by atoms with Gasteiger partial charge in [-0.05, 0) is 31.6 Å². The minimum atomic E-state index is -2.85. The number of halogens is 2. The highest BCUT2D eigenvalue weighted by Crippen LogP contribution is 2.31. The molecule has 0 unspecified atom stereocenters. The monoisotopic (exact) mass is 341 g/mol. The predicted molar refractivity (Wildman–Crippen MR) is 89.6 cm³/mol. The van der Waals surface area contributed by atoms with Crippen LogP contribution in [0.15, 0.2) is 24.3 Å². The van der Waals surface area contributed by atoms with Gasteiger partial charge in [-0.1, -0.05) is 26.0 Å². The first-order chi connectivity index (χ1) is 11.5. The Morgan fingerprint density at radius 1 is 1.38 bits per heavy atom. The summed E-state index contributed by atoms with van der Waals surface area (Å²) in [6.07, 6.45) is 0.785. The quantitative estimate of drug-likeness (QED) is 0.788. The zero-order valence-electron chi connectivity index (χ0n) is 14.2. The van der Waals surface area contributed by atoms with E-state index < -0.39 is 6.61 Å². The number of benzene rings is 1. The maximum atomic E-state index is 12.5. The molecule has 0 radical (unpaired) electrons. The van der Waals surface area contributed by atoms with Crippen LogP contribution in [0, 0.1) is 0 Å². The van der Waals surface area contributed by atoms with E-state index in [9.17, 15) is 13.6 Å². The molecule has 0 bridgehead atoms. The summed E-state index contributed by atoms with van der Waals surface area (Å²) in [6, 6.07) is 6.78. The molecule has 1 heterocycles. The van der Waals surface area contributed by atoms with Gasteiger partial charge in [-0.2, -0.15) is 8.78 Å². The molecule has 1 atom stereocenters. The third-order valence-electron chi connectivity index (χ3n) is 4.24. The van der Waals surface area contributed by atoms with Crippen molar-refractivity contribution >= 4 is 11.6 Å². The van der Waals surface area contributed by atoms with Gasteiger partial charge in [0.1, 0.15) is 5.75 Å². The van der Waals surface area contributed by atoms with E-state index in [1.807, 2.05) is 23.6 Å². The standard InChI is InChI=1S/C17H25F2N3O2/c1-3-21(4-2)12-16(23)20-13-9-10-22(11-13)14-7-5-6-8-15(14)24-17(18)19/h5-8,13,17H,3-4,9-12H2,1-2H3,(H,20,23)/t13-/m0/s1. The van der Waals surface area contributed by atoms with Crippen LogP contribution < -0.4 is 15.0 Å². The van der Waals surface area contributed by atoms with Crippen LogP contribution in [0.2, 0.25) is 0 Å². The SMILES string of the molecule is CCN(CC)CC(=O)N[C@H]1CCN(c2ccccc2OC(F)F)C1. The van der Waals surface area contributed by atoms with Crippen molar-refractivity contribution in [2.45, 2.75) is 32.9 Å². The highest BCUT2D eigenvalue weighted by molar-refractivity contribution is 5.78. The van der Waals surface area contributed by atoms with Gasteiger partial charge in [0.15, 0.2) is 0 Å². The number of anilines is 1. The van der Waals surface area contributed by atoms with Crippen molar-refractivity contribution in [2.24, 2.45) is 0 Å². The first kappa shape index (κ1) is 18.4. The van der Waals surface area contributed by atoms with Gasteiger partial charge in [-0.25, -0.2) is 0 Å². The van der Waals surface area contributed by atoms with E-state index in [0.717, 1.165) is 19.5 Å². The largest absolute Gasteiger partial charge is 0.433 e. The number of carbonyl (C=O) groups excluding carboxylic acids is 1. The minimum absolute atomic E-state index is 0.00247. The van der Waals surface area contributed by atoms with Gasteiger partial charge in [-0.15, -0.1) is 0 Å². The smallest absolute Gasteiger partial charge is 0.387 e. The summed E-state index contributed by atoms with van der Waals surface area (Å²) in [5.41, 5.74) is 0.637. The fourth-order valence-electron chi connectivity index (χ4n) is 2.93. The van der Waals surface area contributed by atoms with E-state index in [2.05, 4.69) is 10.1 Å². The molecule has 1 amide bonds. The van der Waals surface area contributed by atoms with Crippen LogP contribution in [0.3, 0.4) is 0 Å². The number of rotatable bonds is 8. The molecule has 1 fully saturated rings. The second-order valence-corrected chi connectivity index (χ2v) is 5.81. The van der Waals surface area contributed by atoms with Crippen molar-refractivity contribution in [1.82, 2.24) is 10.2 Å². The second kappa shape index (κ2) is 8.82. The lowest BCUT2D eigenvalue weighted by molar-refractivity contribution is -0.122. The topological polar surface area (TPSA) is 44.8 Å². The highest BCUT2D eigenvalue weighted by atomic mass is 19.3. The summed E-state index contributed by atoms with van der Waals surface area (Å²) in [7, 11) is 0. The van der Waals surface area contributed by atoms with E-state index in [4.69, 9.17) is 0 Å². The van der Waals surface area contributed by atoms with Crippen molar-refractivity contribution < 1.29 is 18.3 Å². The van der Waals surface area contributed by atoms with E-state index in [1.54, 1.807) is 18.2 Å². The summed E-state index contributed by atoms with van der Waals surface area (Å²) in [5.74, 6) is 0.172. The summed E-state index contributed by atoms with van der Waals surface area (Å²) < 4.78 is 29.6. The first-order valence-corrected chi connectivity index (χ1v) is 8.34. The van der Waals surface area contributed by atoms with E-state index in [0.29, 0.717) is 25.3 Å². The number of alkyl halides is 2. The van der Waals surface area contributed by atoms with Crippen LogP contribution in [-0.4, -0.2) is 56.2 Å². The molecule has 1 saturated heterocycles. The van der Waals surface area contributed by atoms with Crippen LogP contribution in [0.1, 0.15) is 20.3 Å². The van der Waals surface area contributed by atoms with Crippen LogP contribution in [0.5, 0.6) is 5.75 Å². The van der Waals surface area contributed by atoms with Crippen LogP contribution in [-0.2, 0) is 4.79 Å². The zero-order valence-corrected chi connectivity index (χ0v) is 14.2. The molecule has 7 heteroatoms. The molecule has 1 N–H and O–H groups in total. The van der Waals surface area contributed by atoms with Crippen molar-refractivity contribution in [2.75, 3.05) is 37.6 Å². The van der Waals surface area contributed by atoms with Gasteiger partial charge in [0.25, 0.3) is 0 Å². The van der Waals surface area contributed by atoms with Gasteiger partial charge in [0.2, 0.25) is 5.91 Å². The van der Waals surface area contributed by atoms with Crippen molar-refractivity contribution in [3.05, 3.63) is 24.3 Å². The number of hydrogen-bond donors (Lipinski definition) is 1. The molecule has 0 saturated carbocycles. The Hall–Kier alpha value is -1.89. The Kier molecular flexibility index (Phi) is 6.78. The molecule has 134 valence electrons. The Balaban J connectivity index is 1.92. The van der Waals surface area contributed by atoms with Gasteiger partial charge >= 0.3 is 6.61 Å². The molecule has 1 aliphatic heterocycles. The van der Waals surface area contributed by atoms with Crippen molar-refractivity contribution in [1.29, 1.82) is 0 Å². The summed E-state index contributed by atoms with van der Waals surface area (Å²) in [4.78, 5) is 16.1. The number of nitrogens with one attached hydrogen (secondary N) is 1. The lowest BCUT2D eigenvalue weighted by Crippen LogP contribution is -2.43. The molecule has 1 aromatic rings. The van der Waals surface area contributed by atoms with Gasteiger partial charge < -0.3 is 15.0 Å². The molecule has 2 rings (SSSR count). The Labute approximate surface area is 141 Å². The minimum Gasteiger partial charge on any atom is -0.433 e. The van der Waals surface area contributed by atoms with E-state index >= 15 is 0 Å². The Morgan fingerprint density at radius 3 is 2.75 bits per heavy atom. The molecule has 0 spiro atoms. The maximum absolute atomic E-state index is 12.5. The fraction of sp³-hybridized carbons (Fsp3) is 0.588. The van der Waals surface area contributed by atoms with Crippen LogP contribution in [0.4, 0.5) is 14.5 Å². The molecular formula is C17H25F2N3O2. The second-order valence-electron chi connectivity index (χ2n) is 5.81. The fourth-order valence-corrected chi connectivity index (χ4v) is 2.93. The maximum Gasteiger partial charge on any atom is 0.387 e. The predicted octanol–water partition coefficient (Wildman–Crippen LogP) is 2.32. The van der Waals surface area contributed by atoms with Crippen molar-refractivity contribution in [3.63, 3.8) is 0 Å². The van der Waals surface area contributed by atoms with Gasteiger partial charge in [-0.3, -0.25) is 9.69 Å². The average molecular weight is 341 g/mol. The summed E-state index contributed by atoms with van der Waals surface area (Å²) >= 11 is 0. The zero-order chi connectivity index (χ0) is 17.5. The van der Waals surface area contributed by atoms with Crippen molar-refractivity contribution in [3.8, 4) is 5.75 Å². The number of ether oxygens (including phenoxy) is 1. The molecule has 0 aromatic heterocycles. The lowest BCUT2D eigenvalue weighted by atomic mass is 10.2. The third-order valence-corrected chi connectivity index (χ3v) is 4.24. The van der Waals surface area contributed by atoms with Gasteiger partial charge in [0.05, 0.1) is 12.2 Å². The summed E-state index contributed by atoms with van der Waals surface area (Å²) in [5, 5.41) is 3.03. The molecule has 0 aliphatic carbocycles. The average Bonchev–Trinajstić information content (AvgIpc) is 3.00. The molecule has 24 heavy (non-hydrogen) atoms. The number of carbonyl (C=O) groups is 1. The first-order valence-electron chi connectivity index (χ1n) is 8.34. The van der Waals surface area contributed by atoms with Crippen LogP contribution in [0.25, 0.3) is 0 Å². The molecule has 5 nitrogen and oxygen atoms in total. The number of likely N-dealkylation sites (N-methyl/N-ethyl adjacent to an activating group) is 1. The Morgan fingerprint density at radius 2 is 2.08 bits per heavy atom. The third kappa shape index (κ3) is 5.06. The van der Waals surface area contributed by atoms with E-state index in [1.165, 1.54) is 6.07 Å². The molecular weight excluding hydrogens is 316 g/mol. The highest BCUT2D eigenvalue weighted by Gasteiger charge is 2.26. The normalized spacial score (nSPS) is 17.6. The molecule has 1 aromatic carbocycles. The number of para-hydroxylation sites is 2. The van der Waals surface area contributed by atoms with E-state index in [-0.39, 0.29) is 17.7 Å². The summed E-state index contributed by atoms with van der Waals surface area (Å²) in [6.45, 7) is 4.53. The molecule has 1 aliphatic rings.